The summed E-state index contributed by atoms with van der Waals surface area (Å²) in [6.45, 7) is 0.838. The molecule has 0 saturated heterocycles. The zero-order chi connectivity index (χ0) is 11.4. The largest absolute Gasteiger partial charge is 0.320 e. The highest BCUT2D eigenvalue weighted by Crippen LogP contribution is 2.26. The summed E-state index contributed by atoms with van der Waals surface area (Å²) in [5, 5.41) is 12.4. The van der Waals surface area contributed by atoms with Crippen LogP contribution in [-0.4, -0.2) is 32.3 Å². The lowest BCUT2D eigenvalue weighted by molar-refractivity contribution is 0.374. The topological polar surface area (TPSA) is 42.7 Å². The van der Waals surface area contributed by atoms with Gasteiger partial charge in [-0.3, -0.25) is 0 Å². The Labute approximate surface area is 101 Å². The van der Waals surface area contributed by atoms with E-state index in [4.69, 9.17) is 0 Å². The van der Waals surface area contributed by atoms with Gasteiger partial charge < -0.3 is 9.88 Å². The number of hydrogen-bond donors (Lipinski definition) is 1. The SMILES string of the molecule is CSC1CCC(NCc2nncn2C)CC1. The highest BCUT2D eigenvalue weighted by atomic mass is 32.2. The number of aromatic nitrogens is 3. The lowest BCUT2D eigenvalue weighted by Gasteiger charge is -2.27. The van der Waals surface area contributed by atoms with Gasteiger partial charge in [-0.05, 0) is 31.9 Å². The van der Waals surface area contributed by atoms with Gasteiger partial charge in [0.05, 0.1) is 6.54 Å². The van der Waals surface area contributed by atoms with Crippen molar-refractivity contribution in [2.45, 2.75) is 43.5 Å². The first-order valence-electron chi connectivity index (χ1n) is 5.88. The number of rotatable bonds is 4. The van der Waals surface area contributed by atoms with Crippen molar-refractivity contribution in [2.75, 3.05) is 6.26 Å². The molecule has 5 heteroatoms. The summed E-state index contributed by atoms with van der Waals surface area (Å²) in [5.74, 6) is 1.02. The molecule has 4 nitrogen and oxygen atoms in total. The molecule has 0 radical (unpaired) electrons. The smallest absolute Gasteiger partial charge is 0.146 e. The molecule has 16 heavy (non-hydrogen) atoms. The second-order valence-corrected chi connectivity index (χ2v) is 5.59. The summed E-state index contributed by atoms with van der Waals surface area (Å²) in [6.07, 6.45) is 9.25. The third-order valence-corrected chi connectivity index (χ3v) is 4.50. The Balaban J connectivity index is 1.73. The minimum atomic E-state index is 0.667. The van der Waals surface area contributed by atoms with Gasteiger partial charge in [-0.1, -0.05) is 0 Å². The normalized spacial score (nSPS) is 25.9. The van der Waals surface area contributed by atoms with Gasteiger partial charge in [0.1, 0.15) is 12.2 Å². The van der Waals surface area contributed by atoms with Gasteiger partial charge in [0.25, 0.3) is 0 Å². The third kappa shape index (κ3) is 2.98. The summed E-state index contributed by atoms with van der Waals surface area (Å²) in [7, 11) is 1.99. The minimum absolute atomic E-state index is 0.667. The fourth-order valence-corrected chi connectivity index (χ4v) is 2.95. The van der Waals surface area contributed by atoms with E-state index in [-0.39, 0.29) is 0 Å². The van der Waals surface area contributed by atoms with Crippen LogP contribution in [0, 0.1) is 0 Å². The van der Waals surface area contributed by atoms with Gasteiger partial charge in [0, 0.05) is 18.3 Å². The molecule has 90 valence electrons. The Morgan fingerprint density at radius 1 is 1.44 bits per heavy atom. The lowest BCUT2D eigenvalue weighted by atomic mass is 9.95. The molecule has 1 fully saturated rings. The van der Waals surface area contributed by atoms with Gasteiger partial charge in [-0.2, -0.15) is 11.8 Å². The minimum Gasteiger partial charge on any atom is -0.320 e. The quantitative estimate of drug-likeness (QED) is 0.867. The van der Waals surface area contributed by atoms with Crippen LogP contribution in [0.1, 0.15) is 31.5 Å². The third-order valence-electron chi connectivity index (χ3n) is 3.36. The standard InChI is InChI=1S/C11H20N4S/c1-15-8-13-14-11(15)7-12-9-3-5-10(16-2)6-4-9/h8-10,12H,3-7H2,1-2H3. The Morgan fingerprint density at radius 2 is 2.19 bits per heavy atom. The van der Waals surface area contributed by atoms with Crippen molar-refractivity contribution >= 4 is 11.8 Å². The van der Waals surface area contributed by atoms with Gasteiger partial charge >= 0.3 is 0 Å². The van der Waals surface area contributed by atoms with E-state index in [0.29, 0.717) is 6.04 Å². The average molecular weight is 240 g/mol. The number of thioether (sulfide) groups is 1. The Kier molecular flexibility index (Phi) is 4.23. The maximum atomic E-state index is 4.08. The molecule has 0 spiro atoms. The number of hydrogen-bond acceptors (Lipinski definition) is 4. The van der Waals surface area contributed by atoms with Crippen LogP contribution in [0.15, 0.2) is 6.33 Å². The van der Waals surface area contributed by atoms with Gasteiger partial charge in [0.15, 0.2) is 0 Å². The maximum absolute atomic E-state index is 4.08. The predicted octanol–water partition coefficient (Wildman–Crippen LogP) is 1.58. The molecule has 0 aliphatic heterocycles. The number of aryl methyl sites for hydroxylation is 1. The van der Waals surface area contributed by atoms with Crippen molar-refractivity contribution in [1.82, 2.24) is 20.1 Å². The maximum Gasteiger partial charge on any atom is 0.146 e. The summed E-state index contributed by atoms with van der Waals surface area (Å²) in [4.78, 5) is 0. The first-order valence-corrected chi connectivity index (χ1v) is 7.17. The summed E-state index contributed by atoms with van der Waals surface area (Å²) in [6, 6.07) is 0.667. The van der Waals surface area contributed by atoms with Crippen molar-refractivity contribution in [3.05, 3.63) is 12.2 Å². The van der Waals surface area contributed by atoms with E-state index in [1.54, 1.807) is 6.33 Å². The molecule has 1 aliphatic rings. The van der Waals surface area contributed by atoms with Crippen LogP contribution in [0.5, 0.6) is 0 Å². The molecule has 0 aromatic carbocycles. The highest BCUT2D eigenvalue weighted by molar-refractivity contribution is 7.99. The van der Waals surface area contributed by atoms with Crippen LogP contribution in [0.3, 0.4) is 0 Å². The molecule has 0 amide bonds. The predicted molar refractivity (Wildman–Crippen MR) is 67.4 cm³/mol. The molecule has 1 aliphatic carbocycles. The van der Waals surface area contributed by atoms with Gasteiger partial charge in [0.2, 0.25) is 0 Å². The van der Waals surface area contributed by atoms with Crippen LogP contribution in [0.2, 0.25) is 0 Å². The molecule has 0 atom stereocenters. The van der Waals surface area contributed by atoms with Gasteiger partial charge in [-0.15, -0.1) is 10.2 Å². The Bertz CT molecular complexity index is 318. The van der Waals surface area contributed by atoms with Gasteiger partial charge in [-0.25, -0.2) is 0 Å². The number of nitrogens with zero attached hydrogens (tertiary/aromatic N) is 3. The molecule has 1 heterocycles. The van der Waals surface area contributed by atoms with E-state index >= 15 is 0 Å². The lowest BCUT2D eigenvalue weighted by Crippen LogP contribution is -2.34. The second kappa shape index (κ2) is 5.68. The Morgan fingerprint density at radius 3 is 2.75 bits per heavy atom. The van der Waals surface area contributed by atoms with E-state index in [0.717, 1.165) is 17.6 Å². The van der Waals surface area contributed by atoms with Crippen molar-refractivity contribution in [1.29, 1.82) is 0 Å². The second-order valence-electron chi connectivity index (χ2n) is 4.45. The molecule has 1 N–H and O–H groups in total. The van der Waals surface area contributed by atoms with Crippen molar-refractivity contribution in [3.63, 3.8) is 0 Å². The first kappa shape index (κ1) is 11.9. The fourth-order valence-electron chi connectivity index (χ4n) is 2.21. The molecule has 1 saturated carbocycles. The van der Waals surface area contributed by atoms with Crippen LogP contribution in [0.25, 0.3) is 0 Å². The van der Waals surface area contributed by atoms with Crippen molar-refractivity contribution < 1.29 is 0 Å². The van der Waals surface area contributed by atoms with Crippen molar-refractivity contribution in [3.8, 4) is 0 Å². The Hall–Kier alpha value is -0.550. The molecular weight excluding hydrogens is 220 g/mol. The van der Waals surface area contributed by atoms with E-state index in [9.17, 15) is 0 Å². The molecule has 0 unspecified atom stereocenters. The molecule has 2 rings (SSSR count). The van der Waals surface area contributed by atoms with E-state index in [1.807, 2.05) is 23.4 Å². The summed E-state index contributed by atoms with van der Waals surface area (Å²) >= 11 is 2.01. The van der Waals surface area contributed by atoms with E-state index in [1.165, 1.54) is 25.7 Å². The van der Waals surface area contributed by atoms with Crippen LogP contribution in [0.4, 0.5) is 0 Å². The number of nitrogens with one attached hydrogen (secondary N) is 1. The summed E-state index contributed by atoms with van der Waals surface area (Å²) < 4.78 is 1.97. The molecule has 0 bridgehead atoms. The first-order chi connectivity index (χ1) is 7.79. The summed E-state index contributed by atoms with van der Waals surface area (Å²) in [5.41, 5.74) is 0. The van der Waals surface area contributed by atoms with Crippen LogP contribution in [-0.2, 0) is 13.6 Å². The molecule has 1 aromatic rings. The zero-order valence-corrected chi connectivity index (χ0v) is 10.8. The highest BCUT2D eigenvalue weighted by Gasteiger charge is 2.20. The fraction of sp³-hybridized carbons (Fsp3) is 0.818. The molecule has 1 aromatic heterocycles. The van der Waals surface area contributed by atoms with Crippen LogP contribution < -0.4 is 5.32 Å². The van der Waals surface area contributed by atoms with E-state index in [2.05, 4.69) is 21.8 Å². The van der Waals surface area contributed by atoms with E-state index < -0.39 is 0 Å². The van der Waals surface area contributed by atoms with Crippen LogP contribution >= 0.6 is 11.8 Å². The monoisotopic (exact) mass is 240 g/mol. The average Bonchev–Trinajstić information content (AvgIpc) is 2.73. The molecular formula is C11H20N4S. The van der Waals surface area contributed by atoms with Crippen molar-refractivity contribution in [2.24, 2.45) is 7.05 Å². The zero-order valence-electron chi connectivity index (χ0n) is 10.0.